The van der Waals surface area contributed by atoms with E-state index in [4.69, 9.17) is 16.3 Å². The van der Waals surface area contributed by atoms with Gasteiger partial charge in [0, 0.05) is 22.9 Å². The minimum Gasteiger partial charge on any atom is -0.449 e. The van der Waals surface area contributed by atoms with Crippen LogP contribution in [0, 0.1) is 23.0 Å². The van der Waals surface area contributed by atoms with Gasteiger partial charge in [-0.15, -0.1) is 0 Å². The smallest absolute Gasteiger partial charge is 0.411 e. The summed E-state index contributed by atoms with van der Waals surface area (Å²) in [6.45, 7) is 2.64. The maximum atomic E-state index is 11.7. The molecule has 0 saturated heterocycles. The molecule has 0 saturated carbocycles. The van der Waals surface area contributed by atoms with Gasteiger partial charge in [-0.2, -0.15) is 0 Å². The maximum absolute atomic E-state index is 11.7. The van der Waals surface area contributed by atoms with Crippen molar-refractivity contribution >= 4 is 35.1 Å². The first-order valence-corrected chi connectivity index (χ1v) is 13.4. The summed E-state index contributed by atoms with van der Waals surface area (Å²) < 4.78 is 5.15. The van der Waals surface area contributed by atoms with Crippen LogP contribution in [0.3, 0.4) is 0 Å². The molecule has 0 spiro atoms. The molecule has 0 aliphatic rings. The first-order valence-electron chi connectivity index (χ1n) is 12.0. The standard InChI is InChI=1S/C27H38ClNO2S/c1-2-3-4-5-6-7-8-10-13-16-23-32-24-17-14-11-9-12-15-22-31-27(30)29-26-20-18-25(28)19-21-26/h18-21H,2-10,12-13,15-16,22-23H2,1H3,(H,29,30). The van der Waals surface area contributed by atoms with Gasteiger partial charge in [-0.05, 0) is 60.6 Å². The summed E-state index contributed by atoms with van der Waals surface area (Å²) in [5.41, 5.74) is 0.662. The monoisotopic (exact) mass is 475 g/mol. The molecule has 176 valence electrons. The van der Waals surface area contributed by atoms with Gasteiger partial charge < -0.3 is 4.74 Å². The van der Waals surface area contributed by atoms with Crippen molar-refractivity contribution in [3.05, 3.63) is 29.3 Å². The zero-order valence-electron chi connectivity index (χ0n) is 19.5. The first kappa shape index (κ1) is 28.3. The fraction of sp³-hybridized carbons (Fsp3) is 0.593. The van der Waals surface area contributed by atoms with Crippen molar-refractivity contribution < 1.29 is 9.53 Å². The second kappa shape index (κ2) is 21.1. The van der Waals surface area contributed by atoms with Gasteiger partial charge in [-0.1, -0.05) is 94.0 Å². The van der Waals surface area contributed by atoms with Crippen LogP contribution in [-0.2, 0) is 4.74 Å². The number of amides is 1. The summed E-state index contributed by atoms with van der Waals surface area (Å²) >= 11 is 7.48. The minimum absolute atomic E-state index is 0.376. The van der Waals surface area contributed by atoms with Crippen LogP contribution in [0.4, 0.5) is 10.5 Å². The van der Waals surface area contributed by atoms with E-state index in [-0.39, 0.29) is 0 Å². The number of carbonyl (C=O) groups excluding carboxylic acids is 1. The zero-order chi connectivity index (χ0) is 23.1. The molecule has 32 heavy (non-hydrogen) atoms. The van der Waals surface area contributed by atoms with E-state index >= 15 is 0 Å². The highest BCUT2D eigenvalue weighted by Gasteiger charge is 2.02. The highest BCUT2D eigenvalue weighted by atomic mass is 35.5. The second-order valence-corrected chi connectivity index (χ2v) is 9.12. The van der Waals surface area contributed by atoms with Crippen molar-refractivity contribution in [2.24, 2.45) is 0 Å². The van der Waals surface area contributed by atoms with E-state index in [1.165, 1.54) is 64.2 Å². The molecule has 0 unspecified atom stereocenters. The molecule has 5 heteroatoms. The summed E-state index contributed by atoms with van der Waals surface area (Å²) in [6, 6.07) is 6.90. The third-order valence-corrected chi connectivity index (χ3v) is 5.89. The summed E-state index contributed by atoms with van der Waals surface area (Å²) in [4.78, 5) is 11.7. The Labute approximate surface area is 204 Å². The van der Waals surface area contributed by atoms with Crippen LogP contribution in [0.1, 0.15) is 90.4 Å². The summed E-state index contributed by atoms with van der Waals surface area (Å²) in [5.74, 6) is 9.96. The van der Waals surface area contributed by atoms with Crippen molar-refractivity contribution in [1.82, 2.24) is 0 Å². The third kappa shape index (κ3) is 17.9. The van der Waals surface area contributed by atoms with E-state index in [2.05, 4.69) is 35.3 Å². The van der Waals surface area contributed by atoms with E-state index in [1.807, 2.05) is 0 Å². The number of ether oxygens (including phenoxy) is 1. The quantitative estimate of drug-likeness (QED) is 0.192. The van der Waals surface area contributed by atoms with Crippen molar-refractivity contribution in [2.45, 2.75) is 90.4 Å². The van der Waals surface area contributed by atoms with E-state index in [9.17, 15) is 4.79 Å². The Morgan fingerprint density at radius 2 is 1.56 bits per heavy atom. The van der Waals surface area contributed by atoms with E-state index in [0.717, 1.165) is 25.0 Å². The van der Waals surface area contributed by atoms with E-state index < -0.39 is 6.09 Å². The highest BCUT2D eigenvalue weighted by Crippen LogP contribution is 2.14. The average Bonchev–Trinajstić information content (AvgIpc) is 2.79. The van der Waals surface area contributed by atoms with Gasteiger partial charge in [0.15, 0.2) is 0 Å². The molecule has 0 fully saturated rings. The molecule has 1 amide bonds. The highest BCUT2D eigenvalue weighted by molar-refractivity contribution is 8.03. The van der Waals surface area contributed by atoms with Crippen molar-refractivity contribution in [3.63, 3.8) is 0 Å². The molecule has 1 rings (SSSR count). The molecule has 0 heterocycles. The molecule has 0 aliphatic carbocycles. The molecular weight excluding hydrogens is 438 g/mol. The molecule has 0 radical (unpaired) electrons. The molecule has 1 aromatic carbocycles. The third-order valence-electron chi connectivity index (χ3n) is 4.89. The first-order chi connectivity index (χ1) is 15.7. The van der Waals surface area contributed by atoms with Crippen LogP contribution in [0.2, 0.25) is 5.02 Å². The lowest BCUT2D eigenvalue weighted by atomic mass is 10.1. The van der Waals surface area contributed by atoms with Crippen LogP contribution in [0.25, 0.3) is 0 Å². The van der Waals surface area contributed by atoms with E-state index in [0.29, 0.717) is 17.3 Å². The van der Waals surface area contributed by atoms with Crippen molar-refractivity contribution in [3.8, 4) is 23.0 Å². The minimum atomic E-state index is -0.455. The Morgan fingerprint density at radius 3 is 2.25 bits per heavy atom. The Kier molecular flexibility index (Phi) is 18.7. The number of nitrogens with one attached hydrogen (secondary N) is 1. The number of thioether (sulfide) groups is 1. The lowest BCUT2D eigenvalue weighted by Crippen LogP contribution is -2.14. The van der Waals surface area contributed by atoms with E-state index in [1.54, 1.807) is 36.0 Å². The predicted octanol–water partition coefficient (Wildman–Crippen LogP) is 8.68. The summed E-state index contributed by atoms with van der Waals surface area (Å²) in [6.07, 6.45) is 15.6. The number of halogens is 1. The van der Waals surface area contributed by atoms with Crippen LogP contribution in [0.15, 0.2) is 24.3 Å². The second-order valence-electron chi connectivity index (χ2n) is 7.78. The molecule has 0 aliphatic heterocycles. The number of benzene rings is 1. The molecule has 3 nitrogen and oxygen atoms in total. The van der Waals surface area contributed by atoms with Crippen LogP contribution < -0.4 is 5.32 Å². The number of hydrogen-bond donors (Lipinski definition) is 1. The molecular formula is C27H38ClNO2S. The average molecular weight is 476 g/mol. The Morgan fingerprint density at radius 1 is 0.906 bits per heavy atom. The maximum Gasteiger partial charge on any atom is 0.411 e. The van der Waals surface area contributed by atoms with Crippen molar-refractivity contribution in [2.75, 3.05) is 17.7 Å². The predicted molar refractivity (Wildman–Crippen MR) is 140 cm³/mol. The van der Waals surface area contributed by atoms with Gasteiger partial charge in [0.1, 0.15) is 0 Å². The fourth-order valence-electron chi connectivity index (χ4n) is 3.05. The normalized spacial score (nSPS) is 9.94. The Balaban J connectivity index is 1.88. The lowest BCUT2D eigenvalue weighted by Gasteiger charge is -2.06. The van der Waals surface area contributed by atoms with Crippen LogP contribution in [-0.4, -0.2) is 18.5 Å². The summed E-state index contributed by atoms with van der Waals surface area (Å²) in [5, 5.41) is 6.36. The van der Waals surface area contributed by atoms with Gasteiger partial charge in [0.05, 0.1) is 6.61 Å². The van der Waals surface area contributed by atoms with Gasteiger partial charge in [-0.25, -0.2) is 4.79 Å². The number of carbonyl (C=O) groups is 1. The molecule has 1 aromatic rings. The number of anilines is 1. The molecule has 0 aromatic heterocycles. The Hall–Kier alpha value is -1.75. The van der Waals surface area contributed by atoms with Gasteiger partial charge >= 0.3 is 6.09 Å². The van der Waals surface area contributed by atoms with Gasteiger partial charge in [0.25, 0.3) is 0 Å². The molecule has 1 N–H and O–H groups in total. The lowest BCUT2D eigenvalue weighted by molar-refractivity contribution is 0.159. The molecule has 0 atom stereocenters. The number of hydrogen-bond acceptors (Lipinski definition) is 3. The number of rotatable bonds is 16. The SMILES string of the molecule is CCCCCCCCCCCCSC#CC#CCCCCOC(=O)Nc1ccc(Cl)cc1. The molecule has 0 bridgehead atoms. The van der Waals surface area contributed by atoms with Crippen LogP contribution >= 0.6 is 23.4 Å². The number of unbranched alkanes of at least 4 members (excludes halogenated alkanes) is 11. The fourth-order valence-corrected chi connectivity index (χ4v) is 3.75. The zero-order valence-corrected chi connectivity index (χ0v) is 21.1. The van der Waals surface area contributed by atoms with Gasteiger partial charge in [-0.3, -0.25) is 5.32 Å². The Bertz CT molecular complexity index is 728. The summed E-state index contributed by atoms with van der Waals surface area (Å²) in [7, 11) is 0. The van der Waals surface area contributed by atoms with Gasteiger partial charge in [0.2, 0.25) is 0 Å². The largest absolute Gasteiger partial charge is 0.449 e. The van der Waals surface area contributed by atoms with Crippen molar-refractivity contribution in [1.29, 1.82) is 0 Å². The van der Waals surface area contributed by atoms with Crippen LogP contribution in [0.5, 0.6) is 0 Å². The topological polar surface area (TPSA) is 38.3 Å².